The van der Waals surface area contributed by atoms with Gasteiger partial charge in [-0.3, -0.25) is 15.0 Å². The second-order valence-electron chi connectivity index (χ2n) is 10.5. The Morgan fingerprint density at radius 3 is 2.51 bits per heavy atom. The van der Waals surface area contributed by atoms with E-state index in [4.69, 9.17) is 4.42 Å². The van der Waals surface area contributed by atoms with Gasteiger partial charge in [0.1, 0.15) is 5.82 Å². The van der Waals surface area contributed by atoms with E-state index in [1.165, 1.54) is 12.3 Å². The fourth-order valence-electron chi connectivity index (χ4n) is 4.79. The molecule has 0 spiro atoms. The number of anilines is 5. The number of likely N-dealkylation sites (N-methyl/N-ethyl adjacent to an activating group) is 1. The molecular formula is C30H31BrF3N7O2. The number of hydrogen-bond donors (Lipinski definition) is 3. The van der Waals surface area contributed by atoms with Gasteiger partial charge in [-0.15, -0.1) is 0 Å². The number of para-hydroxylation sites is 1. The van der Waals surface area contributed by atoms with E-state index in [2.05, 4.69) is 46.7 Å². The Labute approximate surface area is 255 Å². The van der Waals surface area contributed by atoms with Gasteiger partial charge in [-0.2, -0.15) is 13.2 Å². The molecule has 1 aliphatic rings. The zero-order valence-electron chi connectivity index (χ0n) is 23.8. The van der Waals surface area contributed by atoms with Crippen molar-refractivity contribution in [1.82, 2.24) is 19.8 Å². The van der Waals surface area contributed by atoms with Crippen LogP contribution in [0.4, 0.5) is 42.1 Å². The van der Waals surface area contributed by atoms with Crippen LogP contribution in [0.3, 0.4) is 0 Å². The van der Waals surface area contributed by atoms with Crippen molar-refractivity contribution < 1.29 is 22.4 Å². The van der Waals surface area contributed by atoms with Gasteiger partial charge < -0.3 is 20.0 Å². The third-order valence-electron chi connectivity index (χ3n) is 7.07. The molecule has 5 rings (SSSR count). The molecule has 0 saturated carbocycles. The predicted molar refractivity (Wildman–Crippen MR) is 163 cm³/mol. The lowest BCUT2D eigenvalue weighted by Gasteiger charge is -2.33. The molecule has 1 amide bonds. The normalized spacial score (nSPS) is 14.5. The van der Waals surface area contributed by atoms with Crippen LogP contribution in [0.25, 0.3) is 0 Å². The van der Waals surface area contributed by atoms with Gasteiger partial charge in [0.15, 0.2) is 0 Å². The van der Waals surface area contributed by atoms with E-state index in [0.717, 1.165) is 42.3 Å². The molecule has 0 unspecified atom stereocenters. The summed E-state index contributed by atoms with van der Waals surface area (Å²) in [5.41, 5.74) is 2.49. The van der Waals surface area contributed by atoms with Crippen molar-refractivity contribution in [2.24, 2.45) is 0 Å². The van der Waals surface area contributed by atoms with E-state index < -0.39 is 17.6 Å². The van der Waals surface area contributed by atoms with Crippen LogP contribution in [-0.4, -0.2) is 58.9 Å². The fraction of sp³-hybridized carbons (Fsp3) is 0.300. The average Bonchev–Trinajstić information content (AvgIpc) is 3.40. The van der Waals surface area contributed by atoms with Crippen LogP contribution in [0, 0.1) is 13.8 Å². The van der Waals surface area contributed by atoms with Crippen molar-refractivity contribution >= 4 is 50.7 Å². The maximum absolute atomic E-state index is 14.1. The molecule has 2 aromatic heterocycles. The number of carbonyl (C=O) groups is 1. The minimum atomic E-state index is -4.50. The monoisotopic (exact) mass is 657 g/mol. The highest BCUT2D eigenvalue weighted by molar-refractivity contribution is 9.10. The van der Waals surface area contributed by atoms with Gasteiger partial charge in [0.05, 0.1) is 17.4 Å². The number of halogens is 4. The lowest BCUT2D eigenvalue weighted by atomic mass is 10.0. The number of nitrogens with one attached hydrogen (secondary N) is 3. The number of hydrogen-bond acceptors (Lipinski definition) is 8. The minimum absolute atomic E-state index is 0.0139. The molecule has 2 aromatic carbocycles. The minimum Gasteiger partial charge on any atom is -0.418 e. The van der Waals surface area contributed by atoms with Gasteiger partial charge in [-0.1, -0.05) is 18.2 Å². The molecule has 43 heavy (non-hydrogen) atoms. The molecule has 1 fully saturated rings. The van der Waals surface area contributed by atoms with Gasteiger partial charge in [0, 0.05) is 60.3 Å². The Kier molecular flexibility index (Phi) is 9.04. The molecule has 3 heterocycles. The van der Waals surface area contributed by atoms with Crippen molar-refractivity contribution in [2.45, 2.75) is 26.6 Å². The van der Waals surface area contributed by atoms with Crippen LogP contribution in [-0.2, 0) is 12.7 Å². The molecule has 0 radical (unpaired) electrons. The molecule has 9 nitrogen and oxygen atoms in total. The number of rotatable bonds is 8. The fourth-order valence-corrected chi connectivity index (χ4v) is 5.35. The number of benzene rings is 2. The number of oxazole rings is 1. The molecule has 0 bridgehead atoms. The number of carbonyl (C=O) groups excluding carboxylic acids is 1. The van der Waals surface area contributed by atoms with Crippen LogP contribution >= 0.6 is 15.9 Å². The van der Waals surface area contributed by atoms with E-state index >= 15 is 0 Å². The topological polar surface area (TPSA) is 98.6 Å². The maximum atomic E-state index is 14.1. The SMILES string of the molecule is Cc1cc(Nc2ccc(CN3CCN(C)CC3)c(C(F)(F)F)c2)cc(Nc2ncc(C(=O)Nc3c(C)cccc3Br)o2)n1. The molecule has 1 saturated heterocycles. The van der Waals surface area contributed by atoms with E-state index in [9.17, 15) is 18.0 Å². The highest BCUT2D eigenvalue weighted by Crippen LogP contribution is 2.35. The molecule has 226 valence electrons. The summed E-state index contributed by atoms with van der Waals surface area (Å²) in [5.74, 6) is -0.160. The summed E-state index contributed by atoms with van der Waals surface area (Å²) >= 11 is 3.43. The number of nitrogens with zero attached hydrogens (tertiary/aromatic N) is 4. The predicted octanol–water partition coefficient (Wildman–Crippen LogP) is 6.95. The number of alkyl halides is 3. The lowest BCUT2D eigenvalue weighted by molar-refractivity contribution is -0.138. The third-order valence-corrected chi connectivity index (χ3v) is 7.73. The summed E-state index contributed by atoms with van der Waals surface area (Å²) < 4.78 is 48.5. The van der Waals surface area contributed by atoms with E-state index in [-0.39, 0.29) is 23.9 Å². The first-order valence-corrected chi connectivity index (χ1v) is 14.4. The maximum Gasteiger partial charge on any atom is 0.416 e. The number of pyridine rings is 1. The second kappa shape index (κ2) is 12.7. The zero-order chi connectivity index (χ0) is 30.7. The number of aromatic nitrogens is 2. The first-order valence-electron chi connectivity index (χ1n) is 13.6. The van der Waals surface area contributed by atoms with Gasteiger partial charge in [0.25, 0.3) is 5.91 Å². The Balaban J connectivity index is 1.29. The van der Waals surface area contributed by atoms with Gasteiger partial charge >= 0.3 is 12.2 Å². The summed E-state index contributed by atoms with van der Waals surface area (Å²) in [6.07, 6.45) is -3.20. The van der Waals surface area contributed by atoms with Crippen molar-refractivity contribution in [2.75, 3.05) is 49.2 Å². The summed E-state index contributed by atoms with van der Waals surface area (Å²) in [7, 11) is 2.01. The summed E-state index contributed by atoms with van der Waals surface area (Å²) in [6, 6.07) is 13.2. The standard InChI is InChI=1S/C30H31BrF3N7O2/c1-18-5-4-6-24(31)27(18)39-28(42)25-16-35-29(43-25)38-26-15-22(13-19(2)36-26)37-21-8-7-20(23(14-21)30(32,33)34)17-41-11-9-40(3)10-12-41/h4-8,13-16H,9-12,17H2,1-3H3,(H,39,42)(H2,35,36,37,38). The molecule has 0 atom stereocenters. The number of piperazine rings is 1. The highest BCUT2D eigenvalue weighted by Gasteiger charge is 2.34. The van der Waals surface area contributed by atoms with E-state index in [1.807, 2.05) is 37.1 Å². The van der Waals surface area contributed by atoms with Gasteiger partial charge in [-0.05, 0) is 72.2 Å². The van der Waals surface area contributed by atoms with Crippen molar-refractivity contribution in [3.05, 3.63) is 87.3 Å². The molecule has 4 aromatic rings. The molecule has 0 aliphatic carbocycles. The zero-order valence-corrected chi connectivity index (χ0v) is 25.4. The molecule has 3 N–H and O–H groups in total. The van der Waals surface area contributed by atoms with Crippen molar-refractivity contribution in [3.8, 4) is 0 Å². The van der Waals surface area contributed by atoms with Crippen LogP contribution in [0.1, 0.15) is 32.9 Å². The Morgan fingerprint density at radius 2 is 1.79 bits per heavy atom. The highest BCUT2D eigenvalue weighted by atomic mass is 79.9. The number of amides is 1. The van der Waals surface area contributed by atoms with Crippen LogP contribution in [0.15, 0.2) is 63.6 Å². The summed E-state index contributed by atoms with van der Waals surface area (Å²) in [6.45, 7) is 6.96. The van der Waals surface area contributed by atoms with Crippen molar-refractivity contribution in [3.63, 3.8) is 0 Å². The first-order chi connectivity index (χ1) is 20.4. The Bertz CT molecular complexity index is 1600. The molecule has 13 heteroatoms. The van der Waals surface area contributed by atoms with Gasteiger partial charge in [-0.25, -0.2) is 9.97 Å². The third kappa shape index (κ3) is 7.72. The summed E-state index contributed by atoms with van der Waals surface area (Å²) in [5, 5.41) is 8.78. The molecular weight excluding hydrogens is 627 g/mol. The van der Waals surface area contributed by atoms with E-state index in [1.54, 1.807) is 25.1 Å². The number of aryl methyl sites for hydroxylation is 2. The Morgan fingerprint density at radius 1 is 1.02 bits per heavy atom. The molecule has 1 aliphatic heterocycles. The lowest BCUT2D eigenvalue weighted by Crippen LogP contribution is -2.44. The smallest absolute Gasteiger partial charge is 0.416 e. The first kappa shape index (κ1) is 30.5. The quantitative estimate of drug-likeness (QED) is 0.187. The van der Waals surface area contributed by atoms with Gasteiger partial charge in [0.2, 0.25) is 5.76 Å². The van der Waals surface area contributed by atoms with Crippen LogP contribution in [0.2, 0.25) is 0 Å². The average molecular weight is 659 g/mol. The summed E-state index contributed by atoms with van der Waals surface area (Å²) in [4.78, 5) is 25.5. The Hall–Kier alpha value is -3.94. The second-order valence-corrected chi connectivity index (χ2v) is 11.4. The van der Waals surface area contributed by atoms with E-state index in [0.29, 0.717) is 28.6 Å². The van der Waals surface area contributed by atoms with Crippen molar-refractivity contribution in [1.29, 1.82) is 0 Å². The van der Waals surface area contributed by atoms with Crippen LogP contribution < -0.4 is 16.0 Å². The van der Waals surface area contributed by atoms with Crippen LogP contribution in [0.5, 0.6) is 0 Å². The largest absolute Gasteiger partial charge is 0.418 e.